The normalized spacial score (nSPS) is 10.4. The first-order valence-electron chi connectivity index (χ1n) is 8.49. The second-order valence-electron chi connectivity index (χ2n) is 5.99. The van der Waals surface area contributed by atoms with Gasteiger partial charge in [-0.1, -0.05) is 18.2 Å². The van der Waals surface area contributed by atoms with E-state index in [9.17, 15) is 9.59 Å². The molecule has 8 nitrogen and oxygen atoms in total. The van der Waals surface area contributed by atoms with Gasteiger partial charge in [0.25, 0.3) is 5.91 Å². The smallest absolute Gasteiger partial charge is 0.319 e. The minimum absolute atomic E-state index is 0.363. The largest absolute Gasteiger partial charge is 0.364 e. The Bertz CT molecular complexity index is 1090. The van der Waals surface area contributed by atoms with Crippen molar-refractivity contribution in [2.24, 2.45) is 5.73 Å². The van der Waals surface area contributed by atoms with Crippen molar-refractivity contribution in [2.75, 3.05) is 11.9 Å². The van der Waals surface area contributed by atoms with Crippen LogP contribution in [0.5, 0.6) is 0 Å². The number of halogens is 1. The number of nitrogens with zero attached hydrogens (tertiary/aromatic N) is 3. The van der Waals surface area contributed by atoms with Gasteiger partial charge in [-0.25, -0.2) is 4.79 Å². The molecule has 0 aliphatic heterocycles. The van der Waals surface area contributed by atoms with Gasteiger partial charge in [-0.05, 0) is 46.6 Å². The number of rotatable bonds is 6. The fourth-order valence-electron chi connectivity index (χ4n) is 2.79. The first-order valence-corrected chi connectivity index (χ1v) is 9.28. The van der Waals surface area contributed by atoms with Crippen LogP contribution in [0.3, 0.4) is 0 Å². The summed E-state index contributed by atoms with van der Waals surface area (Å²) < 4.78 is 2.19. The number of nitriles is 1. The van der Waals surface area contributed by atoms with Gasteiger partial charge >= 0.3 is 6.03 Å². The minimum Gasteiger partial charge on any atom is -0.364 e. The third-order valence-corrected chi connectivity index (χ3v) is 4.71. The van der Waals surface area contributed by atoms with Crippen molar-refractivity contribution in [1.29, 1.82) is 5.26 Å². The number of amides is 3. The van der Waals surface area contributed by atoms with Gasteiger partial charge in [-0.15, -0.1) is 0 Å². The van der Waals surface area contributed by atoms with Crippen LogP contribution in [-0.2, 0) is 6.54 Å². The summed E-state index contributed by atoms with van der Waals surface area (Å²) in [7, 11) is 0. The predicted molar refractivity (Wildman–Crippen MR) is 109 cm³/mol. The average molecular weight is 441 g/mol. The molecule has 1 heterocycles. The third kappa shape index (κ3) is 4.29. The minimum atomic E-state index is -0.537. The number of nitrogens with one attached hydrogen (secondary N) is 2. The Morgan fingerprint density at radius 1 is 1.25 bits per heavy atom. The van der Waals surface area contributed by atoms with E-state index < -0.39 is 5.91 Å². The highest BCUT2D eigenvalue weighted by Gasteiger charge is 2.15. The Morgan fingerprint density at radius 3 is 2.75 bits per heavy atom. The number of hydrogen-bond acceptors (Lipinski definition) is 4. The Morgan fingerprint density at radius 2 is 2.04 bits per heavy atom. The number of nitrogens with two attached hydrogens (primary N) is 1. The molecule has 3 aromatic rings. The maximum absolute atomic E-state index is 12.0. The van der Waals surface area contributed by atoms with Gasteiger partial charge in [0.1, 0.15) is 5.69 Å². The van der Waals surface area contributed by atoms with E-state index >= 15 is 0 Å². The molecule has 0 aliphatic carbocycles. The Kier molecular flexibility index (Phi) is 5.91. The molecule has 3 amide bonds. The number of carbonyl (C=O) groups is 2. The van der Waals surface area contributed by atoms with Crippen molar-refractivity contribution in [1.82, 2.24) is 15.1 Å². The van der Waals surface area contributed by atoms with Crippen LogP contribution >= 0.6 is 15.9 Å². The highest BCUT2D eigenvalue weighted by molar-refractivity contribution is 9.10. The van der Waals surface area contributed by atoms with Crippen molar-refractivity contribution >= 4 is 44.5 Å². The van der Waals surface area contributed by atoms with E-state index in [1.54, 1.807) is 28.9 Å². The van der Waals surface area contributed by atoms with E-state index in [1.165, 1.54) is 0 Å². The van der Waals surface area contributed by atoms with Crippen LogP contribution in [0, 0.1) is 11.3 Å². The van der Waals surface area contributed by atoms with E-state index in [0.717, 1.165) is 0 Å². The van der Waals surface area contributed by atoms with Gasteiger partial charge in [0.05, 0.1) is 22.8 Å². The van der Waals surface area contributed by atoms with E-state index in [1.807, 2.05) is 24.3 Å². The van der Waals surface area contributed by atoms with Gasteiger partial charge in [0, 0.05) is 22.9 Å². The summed E-state index contributed by atoms with van der Waals surface area (Å²) >= 11 is 3.32. The van der Waals surface area contributed by atoms with Crippen molar-refractivity contribution in [2.45, 2.75) is 13.0 Å². The number of primary amides is 1. The molecule has 9 heteroatoms. The number of hydrogen-bond donors (Lipinski definition) is 3. The molecule has 3 rings (SSSR count). The number of aryl methyl sites for hydroxylation is 1. The third-order valence-electron chi connectivity index (χ3n) is 4.06. The zero-order valence-corrected chi connectivity index (χ0v) is 16.4. The SMILES string of the molecule is N#Cc1ccc(NC(=O)NCCCn2nc3ccccc3c2C(N)=O)c(Br)c1. The molecule has 0 unspecified atom stereocenters. The molecule has 1 aromatic heterocycles. The van der Waals surface area contributed by atoms with E-state index in [2.05, 4.69) is 31.7 Å². The Labute approximate surface area is 169 Å². The second kappa shape index (κ2) is 8.54. The lowest BCUT2D eigenvalue weighted by atomic mass is 10.2. The lowest BCUT2D eigenvalue weighted by Crippen LogP contribution is -2.30. The maximum Gasteiger partial charge on any atom is 0.319 e. The highest BCUT2D eigenvalue weighted by atomic mass is 79.9. The van der Waals surface area contributed by atoms with Crippen molar-refractivity contribution in [3.63, 3.8) is 0 Å². The van der Waals surface area contributed by atoms with Crippen LogP contribution in [-0.4, -0.2) is 28.3 Å². The molecule has 142 valence electrons. The van der Waals surface area contributed by atoms with Crippen LogP contribution in [0.15, 0.2) is 46.9 Å². The zero-order valence-electron chi connectivity index (χ0n) is 14.8. The van der Waals surface area contributed by atoms with E-state index in [4.69, 9.17) is 11.0 Å². The first-order chi connectivity index (χ1) is 13.5. The molecule has 0 spiro atoms. The van der Waals surface area contributed by atoms with Crippen LogP contribution < -0.4 is 16.4 Å². The molecule has 4 N–H and O–H groups in total. The van der Waals surface area contributed by atoms with Gasteiger partial charge in [0.2, 0.25) is 0 Å². The number of benzene rings is 2. The molecule has 0 saturated carbocycles. The zero-order chi connectivity index (χ0) is 20.1. The fraction of sp³-hybridized carbons (Fsp3) is 0.158. The van der Waals surface area contributed by atoms with Gasteiger partial charge in [-0.3, -0.25) is 9.48 Å². The second-order valence-corrected chi connectivity index (χ2v) is 6.85. The van der Waals surface area contributed by atoms with Crippen LogP contribution in [0.4, 0.5) is 10.5 Å². The molecule has 0 saturated heterocycles. The Balaban J connectivity index is 1.55. The summed E-state index contributed by atoms with van der Waals surface area (Å²) in [5.41, 5.74) is 7.61. The number of urea groups is 1. The Hall–Kier alpha value is -3.38. The fourth-order valence-corrected chi connectivity index (χ4v) is 3.26. The lowest BCUT2D eigenvalue weighted by Gasteiger charge is -2.10. The van der Waals surface area contributed by atoms with Crippen molar-refractivity contribution in [3.05, 3.63) is 58.2 Å². The summed E-state index contributed by atoms with van der Waals surface area (Å²) in [6.07, 6.45) is 0.566. The maximum atomic E-state index is 12.0. The topological polar surface area (TPSA) is 126 Å². The van der Waals surface area contributed by atoms with Gasteiger partial charge in [0.15, 0.2) is 0 Å². The van der Waals surface area contributed by atoms with Crippen molar-refractivity contribution in [3.8, 4) is 6.07 Å². The molecule has 2 aromatic carbocycles. The molecular weight excluding hydrogens is 424 g/mol. The average Bonchev–Trinajstić information content (AvgIpc) is 3.05. The van der Waals surface area contributed by atoms with Crippen LogP contribution in [0.2, 0.25) is 0 Å². The summed E-state index contributed by atoms with van der Waals surface area (Å²) in [6, 6.07) is 13.9. The molecular formula is C19H17BrN6O2. The highest BCUT2D eigenvalue weighted by Crippen LogP contribution is 2.23. The summed E-state index contributed by atoms with van der Waals surface area (Å²) in [4.78, 5) is 23.8. The quantitative estimate of drug-likeness (QED) is 0.509. The summed E-state index contributed by atoms with van der Waals surface area (Å²) in [5.74, 6) is -0.537. The molecule has 0 aliphatic rings. The summed E-state index contributed by atoms with van der Waals surface area (Å²) in [5, 5.41) is 19.4. The van der Waals surface area contributed by atoms with E-state index in [0.29, 0.717) is 51.8 Å². The van der Waals surface area contributed by atoms with E-state index in [-0.39, 0.29) is 6.03 Å². The monoisotopic (exact) mass is 440 g/mol. The number of carbonyl (C=O) groups excluding carboxylic acids is 2. The van der Waals surface area contributed by atoms with Crippen LogP contribution in [0.1, 0.15) is 22.5 Å². The lowest BCUT2D eigenvalue weighted by molar-refractivity contribution is 0.0991. The standard InChI is InChI=1S/C19H17BrN6O2/c20-14-10-12(11-21)6-7-16(14)24-19(28)23-8-3-9-26-17(18(22)27)13-4-1-2-5-15(13)25-26/h1-2,4-7,10H,3,8-9H2,(H2,22,27)(H2,23,24,28). The molecule has 0 atom stereocenters. The summed E-state index contributed by atoms with van der Waals surface area (Å²) in [6.45, 7) is 0.821. The molecule has 0 radical (unpaired) electrons. The van der Waals surface area contributed by atoms with Crippen LogP contribution in [0.25, 0.3) is 10.9 Å². The molecule has 0 bridgehead atoms. The van der Waals surface area contributed by atoms with Crippen molar-refractivity contribution < 1.29 is 9.59 Å². The van der Waals surface area contributed by atoms with Gasteiger partial charge < -0.3 is 16.4 Å². The molecule has 28 heavy (non-hydrogen) atoms. The number of anilines is 1. The first kappa shape index (κ1) is 19.4. The number of fused-ring (bicyclic) bond motifs is 1. The number of aromatic nitrogens is 2. The molecule has 0 fully saturated rings. The van der Waals surface area contributed by atoms with Gasteiger partial charge in [-0.2, -0.15) is 10.4 Å². The predicted octanol–water partition coefficient (Wildman–Crippen LogP) is 2.98.